The SMILES string of the molecule is C=Cc1c(/C=C\C)sc2cc(N(c3cccc(C)c3-c3ccccc3C)c3cc4c(c5ccccc35)-c3ccc(C)cc3C4(C)C)ccc12. The average Bonchev–Trinajstić information content (AvgIpc) is 3.55. The van der Waals surface area contributed by atoms with E-state index in [1.807, 2.05) is 17.4 Å². The number of allylic oxidation sites excluding steroid dienone is 1. The molecule has 1 aliphatic carbocycles. The van der Waals surface area contributed by atoms with Crippen LogP contribution in [0.5, 0.6) is 0 Å². The van der Waals surface area contributed by atoms with Crippen molar-refractivity contribution in [2.24, 2.45) is 0 Å². The number of anilines is 3. The fourth-order valence-electron chi connectivity index (χ4n) is 8.06. The summed E-state index contributed by atoms with van der Waals surface area (Å²) in [4.78, 5) is 3.77. The Morgan fingerprint density at radius 2 is 1.41 bits per heavy atom. The molecule has 0 saturated carbocycles. The zero-order valence-corrected chi connectivity index (χ0v) is 30.0. The first-order chi connectivity index (χ1) is 23.7. The molecular weight excluding hydrogens is 611 g/mol. The lowest BCUT2D eigenvalue weighted by Crippen LogP contribution is -2.17. The summed E-state index contributed by atoms with van der Waals surface area (Å²) in [5.41, 5.74) is 16.4. The van der Waals surface area contributed by atoms with Crippen molar-refractivity contribution < 1.29 is 0 Å². The summed E-state index contributed by atoms with van der Waals surface area (Å²) in [5.74, 6) is 0. The fraction of sp³-hybridized carbons (Fsp3) is 0.149. The Morgan fingerprint density at radius 1 is 0.653 bits per heavy atom. The second-order valence-electron chi connectivity index (χ2n) is 13.9. The number of hydrogen-bond acceptors (Lipinski definition) is 2. The molecule has 6 aromatic carbocycles. The summed E-state index contributed by atoms with van der Waals surface area (Å²) in [5, 5.41) is 3.78. The second kappa shape index (κ2) is 11.8. The molecule has 0 amide bonds. The number of thiophene rings is 1. The molecule has 0 radical (unpaired) electrons. The van der Waals surface area contributed by atoms with Crippen molar-refractivity contribution in [3.63, 3.8) is 0 Å². The van der Waals surface area contributed by atoms with Crippen molar-refractivity contribution in [3.05, 3.63) is 160 Å². The number of nitrogens with zero attached hydrogens (tertiary/aromatic N) is 1. The number of benzene rings is 6. The van der Waals surface area contributed by atoms with E-state index in [2.05, 4.69) is 174 Å². The summed E-state index contributed by atoms with van der Waals surface area (Å²) >= 11 is 1.83. The van der Waals surface area contributed by atoms with E-state index in [1.165, 1.54) is 92.7 Å². The van der Waals surface area contributed by atoms with E-state index in [4.69, 9.17) is 0 Å². The van der Waals surface area contributed by atoms with Crippen molar-refractivity contribution in [3.8, 4) is 22.3 Å². The molecule has 0 saturated heterocycles. The van der Waals surface area contributed by atoms with Crippen LogP contribution >= 0.6 is 11.3 Å². The summed E-state index contributed by atoms with van der Waals surface area (Å²) in [7, 11) is 0. The van der Waals surface area contributed by atoms with Gasteiger partial charge in [0.2, 0.25) is 0 Å². The van der Waals surface area contributed by atoms with Gasteiger partial charge in [-0.15, -0.1) is 11.3 Å². The molecule has 0 atom stereocenters. The van der Waals surface area contributed by atoms with Gasteiger partial charge < -0.3 is 4.90 Å². The Hall–Kier alpha value is -5.18. The monoisotopic (exact) mass is 651 g/mol. The minimum Gasteiger partial charge on any atom is -0.309 e. The van der Waals surface area contributed by atoms with Gasteiger partial charge in [-0.1, -0.05) is 123 Å². The van der Waals surface area contributed by atoms with E-state index in [9.17, 15) is 0 Å². The highest BCUT2D eigenvalue weighted by Gasteiger charge is 2.38. The van der Waals surface area contributed by atoms with E-state index < -0.39 is 0 Å². The summed E-state index contributed by atoms with van der Waals surface area (Å²) in [6.45, 7) is 17.7. The summed E-state index contributed by atoms with van der Waals surface area (Å²) in [6.07, 6.45) is 6.31. The Labute approximate surface area is 294 Å². The third-order valence-electron chi connectivity index (χ3n) is 10.5. The van der Waals surface area contributed by atoms with Crippen LogP contribution in [0.1, 0.15) is 59.0 Å². The first-order valence-corrected chi connectivity index (χ1v) is 18.0. The van der Waals surface area contributed by atoms with Crippen molar-refractivity contribution in [1.82, 2.24) is 0 Å². The number of fused-ring (bicyclic) bond motifs is 6. The largest absolute Gasteiger partial charge is 0.309 e. The first-order valence-electron chi connectivity index (χ1n) is 17.2. The maximum atomic E-state index is 4.18. The molecule has 0 fully saturated rings. The minimum absolute atomic E-state index is 0.148. The second-order valence-corrected chi connectivity index (χ2v) is 15.0. The van der Waals surface area contributed by atoms with Crippen LogP contribution in [0, 0.1) is 20.8 Å². The van der Waals surface area contributed by atoms with Gasteiger partial charge in [0.25, 0.3) is 0 Å². The van der Waals surface area contributed by atoms with Crippen LogP contribution in [0.25, 0.3) is 55.3 Å². The predicted molar refractivity (Wildman–Crippen MR) is 216 cm³/mol. The molecule has 1 nitrogen and oxygen atoms in total. The molecule has 1 aromatic heterocycles. The Kier molecular flexibility index (Phi) is 7.46. The maximum absolute atomic E-state index is 4.18. The molecule has 0 aliphatic heterocycles. The van der Waals surface area contributed by atoms with E-state index >= 15 is 0 Å². The number of rotatable bonds is 6. The lowest BCUT2D eigenvalue weighted by molar-refractivity contribution is 0.660. The van der Waals surface area contributed by atoms with Crippen LogP contribution in [-0.4, -0.2) is 0 Å². The van der Waals surface area contributed by atoms with Crippen LogP contribution in [0.2, 0.25) is 0 Å². The van der Waals surface area contributed by atoms with Crippen LogP contribution in [-0.2, 0) is 5.41 Å². The molecular formula is C47H41NS. The van der Waals surface area contributed by atoms with Crippen molar-refractivity contribution in [2.75, 3.05) is 4.90 Å². The van der Waals surface area contributed by atoms with Crippen LogP contribution in [0.3, 0.4) is 0 Å². The minimum atomic E-state index is -0.148. The van der Waals surface area contributed by atoms with Crippen LogP contribution < -0.4 is 4.90 Å². The van der Waals surface area contributed by atoms with Gasteiger partial charge in [-0.25, -0.2) is 0 Å². The van der Waals surface area contributed by atoms with E-state index in [-0.39, 0.29) is 5.41 Å². The molecule has 0 spiro atoms. The van der Waals surface area contributed by atoms with Crippen molar-refractivity contribution >= 4 is 61.4 Å². The third-order valence-corrected chi connectivity index (χ3v) is 11.6. The quantitative estimate of drug-likeness (QED) is 0.173. The Morgan fingerprint density at radius 3 is 2.18 bits per heavy atom. The molecule has 0 N–H and O–H groups in total. The molecule has 1 aliphatic rings. The molecule has 0 unspecified atom stereocenters. The highest BCUT2D eigenvalue weighted by atomic mass is 32.1. The van der Waals surface area contributed by atoms with Crippen molar-refractivity contribution in [1.29, 1.82) is 0 Å². The van der Waals surface area contributed by atoms with E-state index in [1.54, 1.807) is 0 Å². The zero-order valence-electron chi connectivity index (χ0n) is 29.2. The van der Waals surface area contributed by atoms with Gasteiger partial charge in [-0.05, 0) is 108 Å². The molecule has 8 rings (SSSR count). The lowest BCUT2D eigenvalue weighted by atomic mass is 9.81. The number of hydrogen-bond donors (Lipinski definition) is 0. The Balaban J connectivity index is 1.49. The van der Waals surface area contributed by atoms with E-state index in [0.29, 0.717) is 0 Å². The van der Waals surface area contributed by atoms with Crippen LogP contribution in [0.15, 0.2) is 122 Å². The molecule has 49 heavy (non-hydrogen) atoms. The molecule has 240 valence electrons. The molecule has 1 heterocycles. The normalized spacial score (nSPS) is 13.3. The fourth-order valence-corrected chi connectivity index (χ4v) is 9.27. The highest BCUT2D eigenvalue weighted by molar-refractivity contribution is 7.20. The maximum Gasteiger partial charge on any atom is 0.0543 e. The van der Waals surface area contributed by atoms with Gasteiger partial charge in [0.1, 0.15) is 0 Å². The van der Waals surface area contributed by atoms with Crippen molar-refractivity contribution in [2.45, 2.75) is 47.0 Å². The summed E-state index contributed by atoms with van der Waals surface area (Å²) < 4.78 is 1.25. The van der Waals surface area contributed by atoms with Crippen LogP contribution in [0.4, 0.5) is 17.1 Å². The van der Waals surface area contributed by atoms with Gasteiger partial charge in [0.15, 0.2) is 0 Å². The van der Waals surface area contributed by atoms with E-state index in [0.717, 1.165) is 5.69 Å². The Bertz CT molecular complexity index is 2490. The van der Waals surface area contributed by atoms with Gasteiger partial charge in [0, 0.05) is 37.0 Å². The van der Waals surface area contributed by atoms with Gasteiger partial charge in [-0.2, -0.15) is 0 Å². The third kappa shape index (κ3) is 4.81. The average molecular weight is 652 g/mol. The molecule has 0 bridgehead atoms. The molecule has 2 heteroatoms. The standard InChI is InChI=1S/C47H41NS/c1-8-15-43-33(9-2)36-25-23-32(27-44(36)49-43)48(41-21-14-17-31(5)45(41)34-18-11-10-16-30(34)4)42-28-40-46(37-20-13-12-19-35(37)42)38-24-22-29(3)26-39(38)47(40,6)7/h8-28H,2H2,1,3-7H3/b15-8-. The van der Waals surface area contributed by atoms with Gasteiger partial charge in [-0.3, -0.25) is 0 Å². The van der Waals surface area contributed by atoms with Gasteiger partial charge >= 0.3 is 0 Å². The van der Waals surface area contributed by atoms with Gasteiger partial charge in [0.05, 0.1) is 11.4 Å². The number of aryl methyl sites for hydroxylation is 3. The zero-order chi connectivity index (χ0) is 34.0. The summed E-state index contributed by atoms with van der Waals surface area (Å²) in [6, 6.07) is 41.0. The topological polar surface area (TPSA) is 3.24 Å². The smallest absolute Gasteiger partial charge is 0.0543 e. The lowest BCUT2D eigenvalue weighted by Gasteiger charge is -2.32. The molecule has 7 aromatic rings. The predicted octanol–water partition coefficient (Wildman–Crippen LogP) is 14.1. The highest BCUT2D eigenvalue weighted by Crippen LogP contribution is 2.55. The first kappa shape index (κ1) is 31.1.